The molecule has 0 radical (unpaired) electrons. The second-order valence-electron chi connectivity index (χ2n) is 8.66. The summed E-state index contributed by atoms with van der Waals surface area (Å²) in [6.07, 6.45) is 5.23. The number of nitrogens with zero attached hydrogens (tertiary/aromatic N) is 5. The van der Waals surface area contributed by atoms with Gasteiger partial charge in [-0.15, -0.1) is 0 Å². The number of rotatable bonds is 9. The van der Waals surface area contributed by atoms with E-state index in [1.165, 1.54) is 18.0 Å². The monoisotopic (exact) mass is 492 g/mol. The van der Waals surface area contributed by atoms with Crippen molar-refractivity contribution in [2.45, 2.75) is 19.4 Å². The molecule has 8 nitrogen and oxygen atoms in total. The molecule has 1 aliphatic heterocycles. The Labute approximate surface area is 209 Å². The van der Waals surface area contributed by atoms with Gasteiger partial charge in [-0.05, 0) is 54.8 Å². The third kappa shape index (κ3) is 6.08. The SMILES string of the molecule is Cn1c(NCc2ccc(Oc3ncc(Cl)cn3)cc2)nc2ccc(CCCN3CCOCC3)cc21. The highest BCUT2D eigenvalue weighted by Crippen LogP contribution is 2.22. The average molecular weight is 493 g/mol. The van der Waals surface area contributed by atoms with Crippen molar-refractivity contribution in [1.29, 1.82) is 0 Å². The Bertz CT molecular complexity index is 1250. The Morgan fingerprint density at radius 3 is 2.54 bits per heavy atom. The Hall–Kier alpha value is -3.20. The van der Waals surface area contributed by atoms with Crippen LogP contribution in [0.4, 0.5) is 5.95 Å². The van der Waals surface area contributed by atoms with Gasteiger partial charge in [0.05, 0.1) is 41.7 Å². The van der Waals surface area contributed by atoms with E-state index in [0.29, 0.717) is 17.3 Å². The molecule has 1 fully saturated rings. The fourth-order valence-corrected chi connectivity index (χ4v) is 4.29. The minimum absolute atomic E-state index is 0.264. The number of aryl methyl sites for hydroxylation is 2. The molecule has 2 aromatic heterocycles. The zero-order chi connectivity index (χ0) is 24.0. The number of hydrogen-bond acceptors (Lipinski definition) is 7. The molecule has 0 atom stereocenters. The van der Waals surface area contributed by atoms with Crippen LogP contribution in [0.25, 0.3) is 11.0 Å². The highest BCUT2D eigenvalue weighted by molar-refractivity contribution is 6.30. The second kappa shape index (κ2) is 11.0. The Morgan fingerprint density at radius 2 is 1.77 bits per heavy atom. The number of anilines is 1. The predicted molar refractivity (Wildman–Crippen MR) is 137 cm³/mol. The number of aromatic nitrogens is 4. The summed E-state index contributed by atoms with van der Waals surface area (Å²) < 4.78 is 13.2. The van der Waals surface area contributed by atoms with Crippen LogP contribution < -0.4 is 10.1 Å². The third-order valence-corrected chi connectivity index (χ3v) is 6.36. The van der Waals surface area contributed by atoms with E-state index in [4.69, 9.17) is 26.1 Å². The van der Waals surface area contributed by atoms with Crippen molar-refractivity contribution < 1.29 is 9.47 Å². The fraction of sp³-hybridized carbons (Fsp3) is 0.346. The van der Waals surface area contributed by atoms with Crippen LogP contribution in [-0.4, -0.2) is 57.3 Å². The van der Waals surface area contributed by atoms with Gasteiger partial charge in [-0.1, -0.05) is 29.8 Å². The summed E-state index contributed by atoms with van der Waals surface area (Å²) in [6, 6.07) is 14.6. The van der Waals surface area contributed by atoms with Crippen molar-refractivity contribution >= 4 is 28.6 Å². The maximum absolute atomic E-state index is 5.81. The van der Waals surface area contributed by atoms with Gasteiger partial charge in [-0.3, -0.25) is 4.90 Å². The van der Waals surface area contributed by atoms with Gasteiger partial charge < -0.3 is 19.4 Å². The normalized spacial score (nSPS) is 14.3. The van der Waals surface area contributed by atoms with Gasteiger partial charge in [-0.25, -0.2) is 15.0 Å². The highest BCUT2D eigenvalue weighted by atomic mass is 35.5. The lowest BCUT2D eigenvalue weighted by Crippen LogP contribution is -2.36. The summed E-state index contributed by atoms with van der Waals surface area (Å²) in [5.74, 6) is 1.51. The number of nitrogens with one attached hydrogen (secondary N) is 1. The summed E-state index contributed by atoms with van der Waals surface area (Å²) in [6.45, 7) is 5.57. The number of imidazole rings is 1. The Kier molecular flexibility index (Phi) is 7.42. The van der Waals surface area contributed by atoms with Crippen molar-refractivity contribution in [2.75, 3.05) is 38.2 Å². The molecule has 0 bridgehead atoms. The lowest BCUT2D eigenvalue weighted by molar-refractivity contribution is 0.0375. The van der Waals surface area contributed by atoms with Gasteiger partial charge in [0.1, 0.15) is 5.75 Å². The molecule has 0 saturated carbocycles. The summed E-state index contributed by atoms with van der Waals surface area (Å²) >= 11 is 5.81. The molecule has 3 heterocycles. The molecule has 0 unspecified atom stereocenters. The van der Waals surface area contributed by atoms with Crippen LogP contribution in [0.2, 0.25) is 5.02 Å². The van der Waals surface area contributed by atoms with E-state index in [1.807, 2.05) is 24.3 Å². The first-order valence-electron chi connectivity index (χ1n) is 11.9. The molecule has 1 aliphatic rings. The predicted octanol–water partition coefficient (Wildman–Crippen LogP) is 4.69. The molecule has 9 heteroatoms. The zero-order valence-corrected chi connectivity index (χ0v) is 20.5. The van der Waals surface area contributed by atoms with Crippen LogP contribution in [0.5, 0.6) is 11.8 Å². The number of ether oxygens (including phenoxy) is 2. The van der Waals surface area contributed by atoms with Gasteiger partial charge >= 0.3 is 6.01 Å². The number of benzene rings is 2. The summed E-state index contributed by atoms with van der Waals surface area (Å²) in [4.78, 5) is 15.4. The van der Waals surface area contributed by atoms with Crippen molar-refractivity contribution in [2.24, 2.45) is 7.05 Å². The summed E-state index contributed by atoms with van der Waals surface area (Å²) in [5.41, 5.74) is 4.60. The minimum atomic E-state index is 0.264. The number of fused-ring (bicyclic) bond motifs is 1. The molecule has 5 rings (SSSR count). The standard InChI is InChI=1S/C26H29ClN6O2/c1-32-24-15-19(3-2-10-33-11-13-34-14-12-33)6-9-23(24)31-25(32)28-16-20-4-7-22(8-5-20)35-26-29-17-21(27)18-30-26/h4-9,15,17-18H,2-3,10-14,16H2,1H3,(H,28,31). The van der Waals surface area contributed by atoms with Gasteiger partial charge in [0.15, 0.2) is 0 Å². The molecule has 0 spiro atoms. The van der Waals surface area contributed by atoms with Gasteiger partial charge in [0.2, 0.25) is 5.95 Å². The van der Waals surface area contributed by atoms with Crippen molar-refractivity contribution in [3.63, 3.8) is 0 Å². The zero-order valence-electron chi connectivity index (χ0n) is 19.8. The fourth-order valence-electron chi connectivity index (χ4n) is 4.20. The van der Waals surface area contributed by atoms with Crippen LogP contribution in [-0.2, 0) is 24.8 Å². The van der Waals surface area contributed by atoms with Crippen molar-refractivity contribution in [3.05, 3.63) is 71.0 Å². The van der Waals surface area contributed by atoms with E-state index in [2.05, 4.69) is 50.0 Å². The highest BCUT2D eigenvalue weighted by Gasteiger charge is 2.11. The van der Waals surface area contributed by atoms with Crippen LogP contribution in [0.1, 0.15) is 17.5 Å². The van der Waals surface area contributed by atoms with Crippen molar-refractivity contribution in [3.8, 4) is 11.8 Å². The summed E-state index contributed by atoms with van der Waals surface area (Å²) in [7, 11) is 2.05. The number of hydrogen-bond donors (Lipinski definition) is 1. The summed E-state index contributed by atoms with van der Waals surface area (Å²) in [5, 5.41) is 3.93. The first-order valence-corrected chi connectivity index (χ1v) is 12.3. The first-order chi connectivity index (χ1) is 17.1. The van der Waals surface area contributed by atoms with Crippen LogP contribution in [0, 0.1) is 0 Å². The van der Waals surface area contributed by atoms with Gasteiger partial charge in [0, 0.05) is 26.7 Å². The molecule has 0 amide bonds. The van der Waals surface area contributed by atoms with Crippen LogP contribution in [0.3, 0.4) is 0 Å². The van der Waals surface area contributed by atoms with E-state index in [0.717, 1.165) is 68.2 Å². The van der Waals surface area contributed by atoms with Crippen molar-refractivity contribution in [1.82, 2.24) is 24.4 Å². The molecule has 1 saturated heterocycles. The van der Waals surface area contributed by atoms with Gasteiger partial charge in [0.25, 0.3) is 0 Å². The van der Waals surface area contributed by atoms with E-state index in [1.54, 1.807) is 0 Å². The van der Waals surface area contributed by atoms with Crippen LogP contribution >= 0.6 is 11.6 Å². The lowest BCUT2D eigenvalue weighted by atomic mass is 10.1. The smallest absolute Gasteiger partial charge is 0.321 e. The Balaban J connectivity index is 1.16. The molecular weight excluding hydrogens is 464 g/mol. The number of halogens is 1. The maximum Gasteiger partial charge on any atom is 0.321 e. The quantitative estimate of drug-likeness (QED) is 0.363. The molecule has 2 aromatic carbocycles. The van der Waals surface area contributed by atoms with E-state index in [9.17, 15) is 0 Å². The molecule has 35 heavy (non-hydrogen) atoms. The lowest BCUT2D eigenvalue weighted by Gasteiger charge is -2.26. The van der Waals surface area contributed by atoms with Crippen LogP contribution in [0.15, 0.2) is 54.9 Å². The van der Waals surface area contributed by atoms with E-state index >= 15 is 0 Å². The topological polar surface area (TPSA) is 77.3 Å². The minimum Gasteiger partial charge on any atom is -0.424 e. The molecule has 182 valence electrons. The molecule has 1 N–H and O–H groups in total. The second-order valence-corrected chi connectivity index (χ2v) is 9.09. The number of morpholine rings is 1. The van der Waals surface area contributed by atoms with Gasteiger partial charge in [-0.2, -0.15) is 0 Å². The van der Waals surface area contributed by atoms with E-state index in [-0.39, 0.29) is 6.01 Å². The first kappa shape index (κ1) is 23.5. The average Bonchev–Trinajstić information content (AvgIpc) is 3.20. The molecule has 4 aromatic rings. The Morgan fingerprint density at radius 1 is 1.03 bits per heavy atom. The molecule has 0 aliphatic carbocycles. The maximum atomic E-state index is 5.81. The molecular formula is C26H29ClN6O2. The van der Waals surface area contributed by atoms with E-state index < -0.39 is 0 Å². The third-order valence-electron chi connectivity index (χ3n) is 6.17. The largest absolute Gasteiger partial charge is 0.424 e.